The summed E-state index contributed by atoms with van der Waals surface area (Å²) < 4.78 is 28.9. The molecule has 1 aliphatic carbocycles. The van der Waals surface area contributed by atoms with E-state index in [9.17, 15) is 8.78 Å². The van der Waals surface area contributed by atoms with Crippen LogP contribution in [-0.2, 0) is 5.92 Å². The number of hydrogen-bond donors (Lipinski definition) is 1. The van der Waals surface area contributed by atoms with E-state index < -0.39 is 11.5 Å². The second kappa shape index (κ2) is 4.37. The number of hydrogen-bond acceptors (Lipinski definition) is 1. The van der Waals surface area contributed by atoms with E-state index in [4.69, 9.17) is 5.73 Å². The quantitative estimate of drug-likeness (QED) is 0.835. The summed E-state index contributed by atoms with van der Waals surface area (Å²) in [6.45, 7) is 1.89. The molecule has 0 atom stereocenters. The average Bonchev–Trinajstić information content (AvgIpc) is 2.30. The molecule has 3 heteroatoms. The molecule has 2 N–H and O–H groups in total. The lowest BCUT2D eigenvalue weighted by molar-refractivity contribution is -0.0954. The van der Waals surface area contributed by atoms with Gasteiger partial charge in [-0.3, -0.25) is 0 Å². The van der Waals surface area contributed by atoms with Crippen LogP contribution < -0.4 is 5.73 Å². The first-order valence-corrected chi connectivity index (χ1v) is 6.20. The van der Waals surface area contributed by atoms with Crippen LogP contribution in [0.5, 0.6) is 0 Å². The summed E-state index contributed by atoms with van der Waals surface area (Å²) in [4.78, 5) is 0. The monoisotopic (exact) mass is 239 g/mol. The van der Waals surface area contributed by atoms with Gasteiger partial charge in [0.1, 0.15) is 0 Å². The lowest BCUT2D eigenvalue weighted by Crippen LogP contribution is -2.54. The van der Waals surface area contributed by atoms with E-state index in [1.54, 1.807) is 12.1 Å². The van der Waals surface area contributed by atoms with E-state index in [0.717, 1.165) is 24.8 Å². The number of alkyl halides is 2. The zero-order valence-corrected chi connectivity index (χ0v) is 10.2. The van der Waals surface area contributed by atoms with Gasteiger partial charge < -0.3 is 5.73 Å². The van der Waals surface area contributed by atoms with Crippen LogP contribution in [0.25, 0.3) is 0 Å². The van der Waals surface area contributed by atoms with E-state index >= 15 is 0 Å². The van der Waals surface area contributed by atoms with E-state index in [-0.39, 0.29) is 5.56 Å². The molecular weight excluding hydrogens is 220 g/mol. The third-order valence-corrected chi connectivity index (χ3v) is 3.79. The van der Waals surface area contributed by atoms with Crippen molar-refractivity contribution in [2.45, 2.75) is 50.5 Å². The molecule has 94 valence electrons. The molecule has 0 aliphatic heterocycles. The molecule has 1 fully saturated rings. The predicted molar refractivity (Wildman–Crippen MR) is 65.1 cm³/mol. The van der Waals surface area contributed by atoms with Crippen molar-refractivity contribution in [2.75, 3.05) is 0 Å². The van der Waals surface area contributed by atoms with Gasteiger partial charge in [-0.15, -0.1) is 0 Å². The first-order valence-electron chi connectivity index (χ1n) is 6.20. The molecule has 1 aromatic carbocycles. The Labute approximate surface area is 101 Å². The zero-order chi connectivity index (χ0) is 12.5. The summed E-state index contributed by atoms with van der Waals surface area (Å²) >= 11 is 0. The summed E-state index contributed by atoms with van der Waals surface area (Å²) in [7, 11) is 0. The third kappa shape index (κ3) is 2.21. The van der Waals surface area contributed by atoms with Crippen LogP contribution in [0.15, 0.2) is 24.3 Å². The van der Waals surface area contributed by atoms with Gasteiger partial charge in [0, 0.05) is 5.56 Å². The molecule has 0 spiro atoms. The van der Waals surface area contributed by atoms with Crippen molar-refractivity contribution in [1.82, 2.24) is 0 Å². The van der Waals surface area contributed by atoms with Crippen LogP contribution in [0.4, 0.5) is 8.78 Å². The second-order valence-corrected chi connectivity index (χ2v) is 5.16. The lowest BCUT2D eigenvalue weighted by Gasteiger charge is -2.40. The standard InChI is InChI=1S/C14H19F2N/c1-11-5-7-12(8-6-11)14(15,16)13(17)9-3-2-4-10-13/h5-8H,2-4,9-10,17H2,1H3. The fraction of sp³-hybridized carbons (Fsp3) is 0.571. The van der Waals surface area contributed by atoms with Crippen molar-refractivity contribution in [3.05, 3.63) is 35.4 Å². The van der Waals surface area contributed by atoms with Crippen LogP contribution in [0.2, 0.25) is 0 Å². The highest BCUT2D eigenvalue weighted by Gasteiger charge is 2.51. The fourth-order valence-corrected chi connectivity index (χ4v) is 2.55. The summed E-state index contributed by atoms with van der Waals surface area (Å²) in [6.07, 6.45) is 3.45. The molecule has 0 bridgehead atoms. The van der Waals surface area contributed by atoms with E-state index in [1.165, 1.54) is 12.1 Å². The van der Waals surface area contributed by atoms with Crippen LogP contribution in [0.1, 0.15) is 43.2 Å². The molecule has 0 amide bonds. The van der Waals surface area contributed by atoms with Gasteiger partial charge >= 0.3 is 0 Å². The number of benzene rings is 1. The van der Waals surface area contributed by atoms with Crippen LogP contribution in [-0.4, -0.2) is 5.54 Å². The molecule has 17 heavy (non-hydrogen) atoms. The van der Waals surface area contributed by atoms with Gasteiger partial charge in [0.25, 0.3) is 5.92 Å². The van der Waals surface area contributed by atoms with E-state index in [0.29, 0.717) is 12.8 Å². The number of halogens is 2. The maximum Gasteiger partial charge on any atom is 0.290 e. The highest BCUT2D eigenvalue weighted by atomic mass is 19.3. The summed E-state index contributed by atoms with van der Waals surface area (Å²) in [6, 6.07) is 6.43. The molecule has 0 saturated heterocycles. The molecule has 0 radical (unpaired) electrons. The largest absolute Gasteiger partial charge is 0.320 e. The minimum atomic E-state index is -2.93. The minimum Gasteiger partial charge on any atom is -0.320 e. The first-order chi connectivity index (χ1) is 7.96. The molecule has 1 aliphatic rings. The van der Waals surface area contributed by atoms with Crippen molar-refractivity contribution in [2.24, 2.45) is 5.73 Å². The first kappa shape index (κ1) is 12.5. The molecule has 1 nitrogen and oxygen atoms in total. The summed E-state index contributed by atoms with van der Waals surface area (Å²) in [5.74, 6) is -2.93. The average molecular weight is 239 g/mol. The van der Waals surface area contributed by atoms with Crippen LogP contribution >= 0.6 is 0 Å². The van der Waals surface area contributed by atoms with Crippen molar-refractivity contribution < 1.29 is 8.78 Å². The molecule has 1 saturated carbocycles. The fourth-order valence-electron chi connectivity index (χ4n) is 2.55. The van der Waals surface area contributed by atoms with Crippen LogP contribution in [0, 0.1) is 6.92 Å². The minimum absolute atomic E-state index is 0.0486. The lowest BCUT2D eigenvalue weighted by atomic mass is 9.75. The molecule has 0 heterocycles. The Balaban J connectivity index is 2.30. The number of aryl methyl sites for hydroxylation is 1. The molecule has 2 rings (SSSR count). The normalized spacial score (nSPS) is 20.2. The summed E-state index contributed by atoms with van der Waals surface area (Å²) in [5.41, 5.74) is 5.63. The van der Waals surface area contributed by atoms with E-state index in [1.807, 2.05) is 6.92 Å². The third-order valence-electron chi connectivity index (χ3n) is 3.79. The Morgan fingerprint density at radius 3 is 2.12 bits per heavy atom. The smallest absolute Gasteiger partial charge is 0.290 e. The highest BCUT2D eigenvalue weighted by molar-refractivity contribution is 5.28. The topological polar surface area (TPSA) is 26.0 Å². The van der Waals surface area contributed by atoms with Crippen molar-refractivity contribution >= 4 is 0 Å². The van der Waals surface area contributed by atoms with Gasteiger partial charge in [-0.2, -0.15) is 8.78 Å². The SMILES string of the molecule is Cc1ccc(C(F)(F)C2(N)CCCCC2)cc1. The molecule has 1 aromatic rings. The van der Waals surface area contributed by atoms with Crippen LogP contribution in [0.3, 0.4) is 0 Å². The highest BCUT2D eigenvalue weighted by Crippen LogP contribution is 2.45. The van der Waals surface area contributed by atoms with Crippen molar-refractivity contribution in [3.63, 3.8) is 0 Å². The van der Waals surface area contributed by atoms with Crippen molar-refractivity contribution in [3.8, 4) is 0 Å². The Bertz CT molecular complexity index is 378. The predicted octanol–water partition coefficient (Wildman–Crippen LogP) is 3.75. The zero-order valence-electron chi connectivity index (χ0n) is 10.2. The number of nitrogens with two attached hydrogens (primary N) is 1. The van der Waals surface area contributed by atoms with Gasteiger partial charge in [-0.1, -0.05) is 49.1 Å². The van der Waals surface area contributed by atoms with Gasteiger partial charge in [-0.05, 0) is 19.8 Å². The van der Waals surface area contributed by atoms with Gasteiger partial charge in [0.2, 0.25) is 0 Å². The van der Waals surface area contributed by atoms with Gasteiger partial charge in [0.15, 0.2) is 0 Å². The second-order valence-electron chi connectivity index (χ2n) is 5.16. The summed E-state index contributed by atoms with van der Waals surface area (Å²) in [5, 5.41) is 0. The molecule has 0 unspecified atom stereocenters. The maximum absolute atomic E-state index is 14.4. The Hall–Kier alpha value is -0.960. The maximum atomic E-state index is 14.4. The Kier molecular flexibility index (Phi) is 3.21. The van der Waals surface area contributed by atoms with E-state index in [2.05, 4.69) is 0 Å². The molecular formula is C14H19F2N. The Morgan fingerprint density at radius 1 is 1.06 bits per heavy atom. The Morgan fingerprint density at radius 2 is 1.59 bits per heavy atom. The van der Waals surface area contributed by atoms with Crippen molar-refractivity contribution in [1.29, 1.82) is 0 Å². The number of rotatable bonds is 2. The van der Waals surface area contributed by atoms with Gasteiger partial charge in [-0.25, -0.2) is 0 Å². The molecule has 0 aromatic heterocycles. The van der Waals surface area contributed by atoms with Gasteiger partial charge in [0.05, 0.1) is 5.54 Å².